The van der Waals surface area contributed by atoms with Gasteiger partial charge in [-0.3, -0.25) is 9.69 Å². The van der Waals surface area contributed by atoms with Crippen LogP contribution in [0, 0.1) is 0 Å². The molecule has 122 valence electrons. The predicted octanol–water partition coefficient (Wildman–Crippen LogP) is 4.29. The Bertz CT molecular complexity index is 658. The number of aliphatic carboxylic acids is 1. The van der Waals surface area contributed by atoms with Crippen molar-refractivity contribution in [1.29, 1.82) is 0 Å². The molecule has 1 aliphatic rings. The minimum absolute atomic E-state index is 0.307. The van der Waals surface area contributed by atoms with Crippen LogP contribution in [0.2, 0.25) is 0 Å². The first-order valence-electron chi connectivity index (χ1n) is 7.19. The van der Waals surface area contributed by atoms with Crippen molar-refractivity contribution in [2.45, 2.75) is 32.2 Å². The number of carbonyl (C=O) groups excluding carboxylic acids is 1. The number of unbranched alkanes of at least 4 members (excludes halogenated alkanes) is 1. The molecule has 1 heterocycles. The number of hydrogen-bond donors (Lipinski definition) is 1. The van der Waals surface area contributed by atoms with Crippen LogP contribution in [0.15, 0.2) is 33.6 Å². The van der Waals surface area contributed by atoms with Crippen LogP contribution in [0.25, 0.3) is 6.08 Å². The predicted molar refractivity (Wildman–Crippen MR) is 100 cm³/mol. The number of benzene rings is 1. The van der Waals surface area contributed by atoms with Crippen molar-refractivity contribution in [3.63, 3.8) is 0 Å². The van der Waals surface area contributed by atoms with Crippen molar-refractivity contribution in [1.82, 2.24) is 4.90 Å². The number of rotatable bonds is 6. The number of carboxylic acids is 1. The van der Waals surface area contributed by atoms with Crippen molar-refractivity contribution >= 4 is 62.2 Å². The zero-order chi connectivity index (χ0) is 17.0. The van der Waals surface area contributed by atoms with Gasteiger partial charge in [0.05, 0.1) is 4.91 Å². The number of halogens is 1. The highest BCUT2D eigenvalue weighted by atomic mass is 79.9. The summed E-state index contributed by atoms with van der Waals surface area (Å²) >= 11 is 9.75. The Hall–Kier alpha value is -1.18. The molecule has 2 rings (SSSR count). The molecular weight excluding hydrogens is 398 g/mol. The molecule has 1 aliphatic heterocycles. The average molecular weight is 414 g/mol. The largest absolute Gasteiger partial charge is 0.480 e. The minimum atomic E-state index is -1.01. The average Bonchev–Trinajstić information content (AvgIpc) is 2.77. The second kappa shape index (κ2) is 8.08. The molecule has 23 heavy (non-hydrogen) atoms. The Kier molecular flexibility index (Phi) is 6.38. The van der Waals surface area contributed by atoms with E-state index in [9.17, 15) is 14.7 Å². The lowest BCUT2D eigenvalue weighted by atomic mass is 10.1. The number of nitrogens with zero attached hydrogens (tertiary/aromatic N) is 1. The number of carbonyl (C=O) groups is 2. The maximum atomic E-state index is 12.6. The summed E-state index contributed by atoms with van der Waals surface area (Å²) in [6, 6.07) is 6.63. The molecular formula is C16H16BrNO3S2. The van der Waals surface area contributed by atoms with E-state index in [1.165, 1.54) is 4.90 Å². The van der Waals surface area contributed by atoms with Crippen LogP contribution >= 0.6 is 39.9 Å². The van der Waals surface area contributed by atoms with Crippen LogP contribution < -0.4 is 0 Å². The maximum absolute atomic E-state index is 12.6. The van der Waals surface area contributed by atoms with E-state index in [0.717, 1.165) is 34.6 Å². The molecule has 0 unspecified atom stereocenters. The maximum Gasteiger partial charge on any atom is 0.326 e. The Morgan fingerprint density at radius 3 is 2.65 bits per heavy atom. The van der Waals surface area contributed by atoms with E-state index in [0.29, 0.717) is 15.6 Å². The molecule has 0 bridgehead atoms. The van der Waals surface area contributed by atoms with Crippen molar-refractivity contribution < 1.29 is 14.7 Å². The summed E-state index contributed by atoms with van der Waals surface area (Å²) in [4.78, 5) is 25.8. The number of carboxylic acid groups (broad SMARTS) is 1. The molecule has 1 N–H and O–H groups in total. The van der Waals surface area contributed by atoms with Crippen LogP contribution in [-0.4, -0.2) is 32.2 Å². The number of thiocarbonyl (C=S) groups is 1. The van der Waals surface area contributed by atoms with Gasteiger partial charge in [0.15, 0.2) is 0 Å². The van der Waals surface area contributed by atoms with Crippen molar-refractivity contribution in [2.24, 2.45) is 0 Å². The van der Waals surface area contributed by atoms with Gasteiger partial charge in [-0.25, -0.2) is 4.79 Å². The van der Waals surface area contributed by atoms with Gasteiger partial charge in [0.25, 0.3) is 5.91 Å². The van der Waals surface area contributed by atoms with Gasteiger partial charge < -0.3 is 5.11 Å². The third-order valence-corrected chi connectivity index (χ3v) is 5.28. The van der Waals surface area contributed by atoms with E-state index in [4.69, 9.17) is 12.2 Å². The lowest BCUT2D eigenvalue weighted by Crippen LogP contribution is -2.43. The lowest BCUT2D eigenvalue weighted by Gasteiger charge is -2.22. The van der Waals surface area contributed by atoms with Gasteiger partial charge in [0.1, 0.15) is 10.4 Å². The summed E-state index contributed by atoms with van der Waals surface area (Å²) in [5.74, 6) is -1.34. The van der Waals surface area contributed by atoms with Crippen LogP contribution in [0.3, 0.4) is 0 Å². The molecule has 0 aromatic heterocycles. The zero-order valence-electron chi connectivity index (χ0n) is 12.5. The van der Waals surface area contributed by atoms with E-state index in [-0.39, 0.29) is 5.91 Å². The second-order valence-corrected chi connectivity index (χ2v) is 7.69. The first-order valence-corrected chi connectivity index (χ1v) is 9.21. The third-order valence-electron chi connectivity index (χ3n) is 3.42. The molecule has 4 nitrogen and oxygen atoms in total. The van der Waals surface area contributed by atoms with Gasteiger partial charge in [-0.1, -0.05) is 71.8 Å². The molecule has 1 aromatic rings. The van der Waals surface area contributed by atoms with Crippen LogP contribution in [0.1, 0.15) is 31.7 Å². The van der Waals surface area contributed by atoms with E-state index in [1.807, 2.05) is 31.2 Å². The first-order chi connectivity index (χ1) is 10.9. The van der Waals surface area contributed by atoms with Crippen molar-refractivity contribution in [3.8, 4) is 0 Å². The van der Waals surface area contributed by atoms with E-state index in [2.05, 4.69) is 15.9 Å². The van der Waals surface area contributed by atoms with E-state index >= 15 is 0 Å². The van der Waals surface area contributed by atoms with Crippen LogP contribution in [-0.2, 0) is 9.59 Å². The van der Waals surface area contributed by atoms with Crippen LogP contribution in [0.4, 0.5) is 0 Å². The molecule has 1 amide bonds. The SMILES string of the molecule is CCCC[C@H](C(=O)O)N1C(=O)/C(=C/c2ccc(Br)cc2)SC1=S. The molecule has 1 saturated heterocycles. The Labute approximate surface area is 153 Å². The van der Waals surface area contributed by atoms with E-state index in [1.54, 1.807) is 6.08 Å². The van der Waals surface area contributed by atoms with Gasteiger partial charge >= 0.3 is 5.97 Å². The normalized spacial score (nSPS) is 17.8. The van der Waals surface area contributed by atoms with Gasteiger partial charge in [0.2, 0.25) is 0 Å². The Balaban J connectivity index is 2.24. The number of thioether (sulfide) groups is 1. The third kappa shape index (κ3) is 4.43. The fourth-order valence-corrected chi connectivity index (χ4v) is 3.84. The Morgan fingerprint density at radius 1 is 1.43 bits per heavy atom. The fraction of sp³-hybridized carbons (Fsp3) is 0.312. The standard InChI is InChI=1S/C16H16BrNO3S2/c1-2-3-4-12(15(20)21)18-14(19)13(23-16(18)22)9-10-5-7-11(17)8-6-10/h5-9,12H,2-4H2,1H3,(H,20,21)/b13-9-/t12-/m1/s1. The molecule has 0 aliphatic carbocycles. The summed E-state index contributed by atoms with van der Waals surface area (Å²) in [6.07, 6.45) is 3.75. The highest BCUT2D eigenvalue weighted by Gasteiger charge is 2.40. The molecule has 0 saturated carbocycles. The lowest BCUT2D eigenvalue weighted by molar-refractivity contribution is -0.145. The van der Waals surface area contributed by atoms with Crippen molar-refractivity contribution in [3.05, 3.63) is 39.2 Å². The second-order valence-electron chi connectivity index (χ2n) is 5.10. The molecule has 1 fully saturated rings. The fourth-order valence-electron chi connectivity index (χ4n) is 2.22. The topological polar surface area (TPSA) is 57.6 Å². The summed E-state index contributed by atoms with van der Waals surface area (Å²) < 4.78 is 1.26. The smallest absolute Gasteiger partial charge is 0.326 e. The van der Waals surface area contributed by atoms with Crippen LogP contribution in [0.5, 0.6) is 0 Å². The molecule has 1 atom stereocenters. The number of hydrogen-bond acceptors (Lipinski definition) is 4. The molecule has 0 radical (unpaired) electrons. The van der Waals surface area contributed by atoms with E-state index < -0.39 is 12.0 Å². The Morgan fingerprint density at radius 2 is 2.09 bits per heavy atom. The summed E-state index contributed by atoms with van der Waals surface area (Å²) in [5, 5.41) is 9.41. The molecule has 7 heteroatoms. The van der Waals surface area contributed by atoms with Crippen molar-refractivity contribution in [2.75, 3.05) is 0 Å². The zero-order valence-corrected chi connectivity index (χ0v) is 15.7. The quantitative estimate of drug-likeness (QED) is 0.556. The molecule has 1 aromatic carbocycles. The summed E-state index contributed by atoms with van der Waals surface area (Å²) in [7, 11) is 0. The van der Waals surface area contributed by atoms with Gasteiger partial charge in [-0.15, -0.1) is 0 Å². The highest BCUT2D eigenvalue weighted by molar-refractivity contribution is 9.10. The summed E-state index contributed by atoms with van der Waals surface area (Å²) in [5.41, 5.74) is 0.870. The van der Waals surface area contributed by atoms with Gasteiger partial charge in [-0.2, -0.15) is 0 Å². The van der Waals surface area contributed by atoms with Gasteiger partial charge in [0, 0.05) is 4.47 Å². The van der Waals surface area contributed by atoms with Gasteiger partial charge in [-0.05, 0) is 30.2 Å². The number of amides is 1. The first kappa shape index (κ1) is 18.2. The summed E-state index contributed by atoms with van der Waals surface area (Å²) in [6.45, 7) is 1.98. The molecule has 0 spiro atoms. The minimum Gasteiger partial charge on any atom is -0.480 e. The monoisotopic (exact) mass is 413 g/mol. The highest BCUT2D eigenvalue weighted by Crippen LogP contribution is 2.35.